The summed E-state index contributed by atoms with van der Waals surface area (Å²) in [7, 11) is 1.24. The molecule has 1 rings (SSSR count). The van der Waals surface area contributed by atoms with Gasteiger partial charge in [0.05, 0.1) is 12.8 Å². The summed E-state index contributed by atoms with van der Waals surface area (Å²) >= 11 is 4.89. The first-order chi connectivity index (χ1) is 7.34. The first kappa shape index (κ1) is 12.8. The fraction of sp³-hybridized carbons (Fsp3) is 0.222. The van der Waals surface area contributed by atoms with Gasteiger partial charge in [-0.1, -0.05) is 11.6 Å². The van der Waals surface area contributed by atoms with E-state index in [0.717, 1.165) is 18.2 Å². The molecular weight excluding hydrogens is 250 g/mol. The summed E-state index contributed by atoms with van der Waals surface area (Å²) in [6.45, 7) is 0. The van der Waals surface area contributed by atoms with Crippen molar-refractivity contribution in [3.05, 3.63) is 24.0 Å². The minimum absolute atomic E-state index is 0.0814. The largest absolute Gasteiger partial charge is 0.494 e. The monoisotopic (exact) mass is 255 g/mol. The molecule has 16 heavy (non-hydrogen) atoms. The predicted octanol–water partition coefficient (Wildman–Crippen LogP) is 3.67. The molecule has 88 valence electrons. The number of alkyl halides is 3. The van der Waals surface area contributed by atoms with Crippen LogP contribution < -0.4 is 4.74 Å². The molecule has 0 spiro atoms. The smallest absolute Gasteiger partial charge is 0.444 e. The Kier molecular flexibility index (Phi) is 3.74. The van der Waals surface area contributed by atoms with Gasteiger partial charge in [-0.25, -0.2) is 9.38 Å². The van der Waals surface area contributed by atoms with E-state index in [1.165, 1.54) is 7.11 Å². The number of hydrogen-bond acceptors (Lipinski definition) is 2. The van der Waals surface area contributed by atoms with Crippen LogP contribution in [-0.4, -0.2) is 18.5 Å². The van der Waals surface area contributed by atoms with Crippen LogP contribution in [0.3, 0.4) is 0 Å². The highest BCUT2D eigenvalue weighted by atomic mass is 35.5. The van der Waals surface area contributed by atoms with E-state index in [2.05, 4.69) is 9.73 Å². The van der Waals surface area contributed by atoms with Crippen molar-refractivity contribution in [1.82, 2.24) is 0 Å². The molecule has 0 aliphatic rings. The van der Waals surface area contributed by atoms with Crippen LogP contribution in [0.15, 0.2) is 23.2 Å². The van der Waals surface area contributed by atoms with Crippen molar-refractivity contribution in [2.75, 3.05) is 7.11 Å². The molecule has 0 atom stereocenters. The molecule has 0 heterocycles. The van der Waals surface area contributed by atoms with Gasteiger partial charge in [0.15, 0.2) is 11.6 Å². The van der Waals surface area contributed by atoms with Crippen molar-refractivity contribution in [3.63, 3.8) is 0 Å². The number of hydrogen-bond donors (Lipinski definition) is 0. The molecule has 0 amide bonds. The van der Waals surface area contributed by atoms with Gasteiger partial charge in [0.25, 0.3) is 0 Å². The minimum atomic E-state index is -4.74. The fourth-order valence-electron chi connectivity index (χ4n) is 0.902. The van der Waals surface area contributed by atoms with E-state index in [4.69, 9.17) is 11.6 Å². The third-order valence-electron chi connectivity index (χ3n) is 1.60. The molecule has 0 radical (unpaired) electrons. The quantitative estimate of drug-likeness (QED) is 0.584. The van der Waals surface area contributed by atoms with E-state index < -0.39 is 17.2 Å². The SMILES string of the molecule is COc1ccc(N=C(Cl)C(F)(F)F)cc1F. The third-order valence-corrected chi connectivity index (χ3v) is 1.90. The Morgan fingerprint density at radius 3 is 2.44 bits per heavy atom. The lowest BCUT2D eigenvalue weighted by Gasteiger charge is -2.04. The van der Waals surface area contributed by atoms with Crippen LogP contribution in [0.1, 0.15) is 0 Å². The van der Waals surface area contributed by atoms with E-state index in [0.29, 0.717) is 0 Å². The van der Waals surface area contributed by atoms with Gasteiger partial charge in [-0.05, 0) is 12.1 Å². The van der Waals surface area contributed by atoms with Crippen molar-refractivity contribution in [3.8, 4) is 5.75 Å². The van der Waals surface area contributed by atoms with E-state index in [-0.39, 0.29) is 11.4 Å². The van der Waals surface area contributed by atoms with Crippen LogP contribution >= 0.6 is 11.6 Å². The zero-order valence-corrected chi connectivity index (χ0v) is 8.73. The van der Waals surface area contributed by atoms with Crippen LogP contribution in [0.5, 0.6) is 5.75 Å². The maximum Gasteiger partial charge on any atom is 0.444 e. The maximum atomic E-state index is 13.1. The highest BCUT2D eigenvalue weighted by molar-refractivity contribution is 6.67. The van der Waals surface area contributed by atoms with Gasteiger partial charge in [-0.2, -0.15) is 13.2 Å². The zero-order chi connectivity index (χ0) is 12.3. The topological polar surface area (TPSA) is 21.6 Å². The van der Waals surface area contributed by atoms with Crippen LogP contribution in [0, 0.1) is 5.82 Å². The van der Waals surface area contributed by atoms with Gasteiger partial charge in [0.2, 0.25) is 5.17 Å². The van der Waals surface area contributed by atoms with E-state index in [9.17, 15) is 17.6 Å². The first-order valence-corrected chi connectivity index (χ1v) is 4.37. The average molecular weight is 256 g/mol. The summed E-state index contributed by atoms with van der Waals surface area (Å²) in [5, 5.41) is -1.56. The highest BCUT2D eigenvalue weighted by Gasteiger charge is 2.34. The molecule has 1 aromatic carbocycles. The van der Waals surface area contributed by atoms with Crippen LogP contribution in [-0.2, 0) is 0 Å². The molecule has 0 saturated carbocycles. The molecule has 0 saturated heterocycles. The lowest BCUT2D eigenvalue weighted by Crippen LogP contribution is -2.16. The number of aliphatic imine (C=N–C) groups is 1. The van der Waals surface area contributed by atoms with E-state index >= 15 is 0 Å². The summed E-state index contributed by atoms with van der Waals surface area (Å²) in [5.74, 6) is -0.891. The van der Waals surface area contributed by atoms with Gasteiger partial charge in [-0.15, -0.1) is 0 Å². The lowest BCUT2D eigenvalue weighted by atomic mass is 10.3. The number of nitrogens with zero attached hydrogens (tertiary/aromatic N) is 1. The third kappa shape index (κ3) is 3.10. The summed E-state index contributed by atoms with van der Waals surface area (Å²) < 4.78 is 53.7. The molecule has 0 aromatic heterocycles. The second-order valence-corrected chi connectivity index (χ2v) is 3.08. The van der Waals surface area contributed by atoms with Crippen molar-refractivity contribution in [1.29, 1.82) is 0 Å². The molecule has 0 fully saturated rings. The van der Waals surface area contributed by atoms with E-state index in [1.807, 2.05) is 0 Å². The molecule has 2 nitrogen and oxygen atoms in total. The Balaban J connectivity index is 3.04. The Morgan fingerprint density at radius 1 is 1.38 bits per heavy atom. The normalized spacial score (nSPS) is 12.8. The Bertz CT molecular complexity index is 416. The summed E-state index contributed by atoms with van der Waals surface area (Å²) in [6.07, 6.45) is -4.74. The van der Waals surface area contributed by atoms with Gasteiger partial charge in [0.1, 0.15) is 0 Å². The van der Waals surface area contributed by atoms with Crippen molar-refractivity contribution in [2.24, 2.45) is 4.99 Å². The average Bonchev–Trinajstić information content (AvgIpc) is 2.16. The predicted molar refractivity (Wildman–Crippen MR) is 52.0 cm³/mol. The Hall–Kier alpha value is -1.30. The molecule has 0 aliphatic heterocycles. The molecule has 7 heteroatoms. The van der Waals surface area contributed by atoms with Crippen LogP contribution in [0.4, 0.5) is 23.2 Å². The van der Waals surface area contributed by atoms with Gasteiger partial charge in [-0.3, -0.25) is 0 Å². The molecule has 1 aromatic rings. The summed E-state index contributed by atoms with van der Waals surface area (Å²) in [4.78, 5) is 3.03. The number of halogens is 5. The molecular formula is C9H6ClF4NO. The molecule has 0 aliphatic carbocycles. The minimum Gasteiger partial charge on any atom is -0.494 e. The van der Waals surface area contributed by atoms with Crippen LogP contribution in [0.25, 0.3) is 0 Å². The van der Waals surface area contributed by atoms with Gasteiger partial charge in [0, 0.05) is 6.07 Å². The highest BCUT2D eigenvalue weighted by Crippen LogP contribution is 2.26. The molecule has 0 bridgehead atoms. The summed E-state index contributed by atoms with van der Waals surface area (Å²) in [6, 6.07) is 3.12. The number of benzene rings is 1. The van der Waals surface area contributed by atoms with Gasteiger partial charge >= 0.3 is 6.18 Å². The number of methoxy groups -OCH3 is 1. The Labute approximate surface area is 93.5 Å². The number of rotatable bonds is 2. The zero-order valence-electron chi connectivity index (χ0n) is 7.98. The van der Waals surface area contributed by atoms with Gasteiger partial charge < -0.3 is 4.74 Å². The van der Waals surface area contributed by atoms with Crippen molar-refractivity contribution < 1.29 is 22.3 Å². The second kappa shape index (κ2) is 4.69. The fourth-order valence-corrected chi connectivity index (χ4v) is 0.999. The lowest BCUT2D eigenvalue weighted by molar-refractivity contribution is -0.0558. The summed E-state index contributed by atoms with van der Waals surface area (Å²) in [5.41, 5.74) is -0.236. The standard InChI is InChI=1S/C9H6ClF4NO/c1-16-7-3-2-5(4-6(7)11)15-8(10)9(12,13)14/h2-4H,1H3. The Morgan fingerprint density at radius 2 is 2.00 bits per heavy atom. The van der Waals surface area contributed by atoms with Crippen molar-refractivity contribution in [2.45, 2.75) is 6.18 Å². The molecule has 0 N–H and O–H groups in total. The van der Waals surface area contributed by atoms with Crippen LogP contribution in [0.2, 0.25) is 0 Å². The second-order valence-electron chi connectivity index (χ2n) is 2.72. The maximum absolute atomic E-state index is 13.1. The molecule has 0 unspecified atom stereocenters. The first-order valence-electron chi connectivity index (χ1n) is 3.99. The number of ether oxygens (including phenoxy) is 1. The van der Waals surface area contributed by atoms with Crippen molar-refractivity contribution >= 4 is 22.5 Å². The van der Waals surface area contributed by atoms with E-state index in [1.54, 1.807) is 0 Å².